The van der Waals surface area contributed by atoms with Crippen molar-refractivity contribution in [1.29, 1.82) is 0 Å². The summed E-state index contributed by atoms with van der Waals surface area (Å²) in [4.78, 5) is 0. The van der Waals surface area contributed by atoms with E-state index in [0.717, 1.165) is 24.3 Å². The van der Waals surface area contributed by atoms with Gasteiger partial charge in [0.25, 0.3) is 5.79 Å². The van der Waals surface area contributed by atoms with Gasteiger partial charge in [0.05, 0.1) is 0 Å². The number of rotatable bonds is 0. The van der Waals surface area contributed by atoms with E-state index < -0.39 is 5.79 Å². The number of hydrogen-bond donors (Lipinski definition) is 0. The van der Waals surface area contributed by atoms with E-state index >= 15 is 0 Å². The zero-order valence-electron chi connectivity index (χ0n) is 23.0. The highest BCUT2D eigenvalue weighted by Crippen LogP contribution is 2.55. The predicted molar refractivity (Wildman–Crippen MR) is 139 cm³/mol. The molecular formula is C31H44O2. The lowest BCUT2D eigenvalue weighted by molar-refractivity contribution is -0.166. The summed E-state index contributed by atoms with van der Waals surface area (Å²) in [6.07, 6.45) is 1.67. The van der Waals surface area contributed by atoms with Crippen LogP contribution in [-0.2, 0) is 21.7 Å². The van der Waals surface area contributed by atoms with E-state index in [1.165, 1.54) is 33.4 Å². The lowest BCUT2D eigenvalue weighted by atomic mass is 9.67. The Kier molecular flexibility index (Phi) is 5.15. The molecule has 2 aromatic rings. The Labute approximate surface area is 202 Å². The molecule has 2 heteroatoms. The standard InChI is InChI=1S/C31H44O2/c1-19-13-25-23(15-21(19)27(3,4)5)29(9,10)17-31(32-25)18-30(11,12)24-16-22(28(6,7)8)20(2)14-26(24)33-31/h13-16H,17-18H2,1-12H3. The second-order valence-electron chi connectivity index (χ2n) is 14.1. The third-order valence-electron chi connectivity index (χ3n) is 7.74. The molecule has 0 unspecified atom stereocenters. The van der Waals surface area contributed by atoms with Crippen LogP contribution in [-0.4, -0.2) is 5.79 Å². The highest BCUT2D eigenvalue weighted by Gasteiger charge is 2.53. The van der Waals surface area contributed by atoms with E-state index in [2.05, 4.69) is 107 Å². The molecule has 0 saturated heterocycles. The van der Waals surface area contributed by atoms with Crippen molar-refractivity contribution in [3.63, 3.8) is 0 Å². The van der Waals surface area contributed by atoms with E-state index in [-0.39, 0.29) is 21.7 Å². The van der Waals surface area contributed by atoms with Gasteiger partial charge < -0.3 is 9.47 Å². The highest BCUT2D eigenvalue weighted by molar-refractivity contribution is 5.53. The molecule has 0 amide bonds. The molecule has 0 bridgehead atoms. The van der Waals surface area contributed by atoms with Crippen molar-refractivity contribution in [2.24, 2.45) is 0 Å². The number of fused-ring (bicyclic) bond motifs is 2. The first kappa shape index (κ1) is 24.2. The van der Waals surface area contributed by atoms with Gasteiger partial charge in [-0.15, -0.1) is 0 Å². The fourth-order valence-corrected chi connectivity index (χ4v) is 6.37. The maximum absolute atomic E-state index is 6.85. The molecular weight excluding hydrogens is 404 g/mol. The molecule has 2 aliphatic heterocycles. The molecule has 33 heavy (non-hydrogen) atoms. The molecule has 0 aliphatic carbocycles. The molecule has 1 spiro atoms. The summed E-state index contributed by atoms with van der Waals surface area (Å²) in [7, 11) is 0. The van der Waals surface area contributed by atoms with Gasteiger partial charge in [0, 0.05) is 34.8 Å². The molecule has 0 saturated carbocycles. The van der Waals surface area contributed by atoms with Crippen LogP contribution in [0.25, 0.3) is 0 Å². The van der Waals surface area contributed by atoms with Gasteiger partial charge in [0.2, 0.25) is 0 Å². The molecule has 2 aliphatic rings. The molecule has 0 aromatic heterocycles. The van der Waals surface area contributed by atoms with Gasteiger partial charge in [-0.3, -0.25) is 0 Å². The van der Waals surface area contributed by atoms with E-state index in [9.17, 15) is 0 Å². The van der Waals surface area contributed by atoms with Crippen LogP contribution in [0, 0.1) is 13.8 Å². The Balaban J connectivity index is 1.83. The number of aryl methyl sites for hydroxylation is 2. The van der Waals surface area contributed by atoms with Crippen molar-refractivity contribution in [3.8, 4) is 11.5 Å². The van der Waals surface area contributed by atoms with Gasteiger partial charge in [0.1, 0.15) is 11.5 Å². The van der Waals surface area contributed by atoms with Crippen LogP contribution >= 0.6 is 0 Å². The topological polar surface area (TPSA) is 18.5 Å². The second-order valence-corrected chi connectivity index (χ2v) is 14.1. The van der Waals surface area contributed by atoms with E-state index in [4.69, 9.17) is 9.47 Å². The minimum absolute atomic E-state index is 0.0464. The summed E-state index contributed by atoms with van der Waals surface area (Å²) >= 11 is 0. The summed E-state index contributed by atoms with van der Waals surface area (Å²) in [6.45, 7) is 27.5. The van der Waals surface area contributed by atoms with Gasteiger partial charge in [-0.25, -0.2) is 0 Å². The second kappa shape index (κ2) is 7.03. The zero-order chi connectivity index (χ0) is 24.8. The Hall–Kier alpha value is -1.96. The van der Waals surface area contributed by atoms with Crippen LogP contribution < -0.4 is 9.47 Å². The molecule has 0 fully saturated rings. The third-order valence-corrected chi connectivity index (χ3v) is 7.74. The summed E-state index contributed by atoms with van der Waals surface area (Å²) in [5.41, 5.74) is 8.09. The van der Waals surface area contributed by atoms with Crippen molar-refractivity contribution in [2.45, 2.75) is 123 Å². The van der Waals surface area contributed by atoms with Gasteiger partial charge in [-0.05, 0) is 59.1 Å². The Morgan fingerprint density at radius 1 is 0.606 bits per heavy atom. The number of hydrogen-bond acceptors (Lipinski definition) is 2. The Morgan fingerprint density at radius 3 is 1.24 bits per heavy atom. The van der Waals surface area contributed by atoms with Gasteiger partial charge in [-0.1, -0.05) is 81.4 Å². The van der Waals surface area contributed by atoms with E-state index in [1.54, 1.807) is 0 Å². The van der Waals surface area contributed by atoms with Crippen LogP contribution in [0.1, 0.15) is 115 Å². The van der Waals surface area contributed by atoms with Crippen molar-refractivity contribution in [2.75, 3.05) is 0 Å². The van der Waals surface area contributed by atoms with E-state index in [0.29, 0.717) is 0 Å². The predicted octanol–water partition coefficient (Wildman–Crippen LogP) is 8.42. The SMILES string of the molecule is Cc1cc2c(cc1C(C)(C)C)C(C)(C)CC1(CC(C)(C)c3cc(C(C)(C)C)c(C)cc3O1)O2. The van der Waals surface area contributed by atoms with Crippen molar-refractivity contribution < 1.29 is 9.47 Å². The maximum Gasteiger partial charge on any atom is 0.252 e. The minimum atomic E-state index is -0.654. The average molecular weight is 449 g/mol. The first-order valence-electron chi connectivity index (χ1n) is 12.5. The highest BCUT2D eigenvalue weighted by atomic mass is 16.7. The molecule has 0 N–H and O–H groups in total. The van der Waals surface area contributed by atoms with E-state index in [1.807, 2.05) is 0 Å². The van der Waals surface area contributed by atoms with Crippen LogP contribution in [0.2, 0.25) is 0 Å². The largest absolute Gasteiger partial charge is 0.452 e. The van der Waals surface area contributed by atoms with Gasteiger partial charge in [0.15, 0.2) is 0 Å². The molecule has 180 valence electrons. The normalized spacial score (nSPS) is 20.5. The molecule has 4 rings (SSSR count). The van der Waals surface area contributed by atoms with Crippen LogP contribution in [0.3, 0.4) is 0 Å². The smallest absolute Gasteiger partial charge is 0.252 e. The van der Waals surface area contributed by atoms with Crippen molar-refractivity contribution in [1.82, 2.24) is 0 Å². The van der Waals surface area contributed by atoms with Crippen LogP contribution in [0.4, 0.5) is 0 Å². The fourth-order valence-electron chi connectivity index (χ4n) is 6.37. The third kappa shape index (κ3) is 4.08. The molecule has 0 atom stereocenters. The molecule has 2 aromatic carbocycles. The number of ether oxygens (including phenoxy) is 2. The quantitative estimate of drug-likeness (QED) is 0.403. The molecule has 2 nitrogen and oxygen atoms in total. The lowest BCUT2D eigenvalue weighted by Gasteiger charge is -2.52. The minimum Gasteiger partial charge on any atom is -0.452 e. The summed E-state index contributed by atoms with van der Waals surface area (Å²) in [5, 5.41) is 0. The van der Waals surface area contributed by atoms with Crippen LogP contribution in [0.5, 0.6) is 11.5 Å². The van der Waals surface area contributed by atoms with Crippen LogP contribution in [0.15, 0.2) is 24.3 Å². The summed E-state index contributed by atoms with van der Waals surface area (Å²) < 4.78 is 13.7. The van der Waals surface area contributed by atoms with Crippen molar-refractivity contribution >= 4 is 0 Å². The lowest BCUT2D eigenvalue weighted by Crippen LogP contribution is -2.55. The van der Waals surface area contributed by atoms with Crippen molar-refractivity contribution in [3.05, 3.63) is 57.6 Å². The zero-order valence-corrected chi connectivity index (χ0v) is 23.0. The monoisotopic (exact) mass is 448 g/mol. The summed E-state index contributed by atoms with van der Waals surface area (Å²) in [5.74, 6) is 1.32. The maximum atomic E-state index is 6.85. The first-order valence-corrected chi connectivity index (χ1v) is 12.5. The molecule has 2 heterocycles. The average Bonchev–Trinajstić information content (AvgIpc) is 2.56. The van der Waals surface area contributed by atoms with Gasteiger partial charge >= 0.3 is 0 Å². The Bertz CT molecular complexity index is 1010. The number of benzene rings is 2. The summed E-state index contributed by atoms with van der Waals surface area (Å²) in [6, 6.07) is 9.27. The van der Waals surface area contributed by atoms with Gasteiger partial charge in [-0.2, -0.15) is 0 Å². The first-order chi connectivity index (χ1) is 14.8. The molecule has 0 radical (unpaired) electrons. The fraction of sp³-hybridized carbons (Fsp3) is 0.613. The Morgan fingerprint density at radius 2 is 0.939 bits per heavy atom.